The zero-order chi connectivity index (χ0) is 16.2. The first kappa shape index (κ1) is 16.1. The van der Waals surface area contributed by atoms with Crippen LogP contribution in [0.15, 0.2) is 24.3 Å². The van der Waals surface area contributed by atoms with Gasteiger partial charge in [0.05, 0.1) is 19.3 Å². The van der Waals surface area contributed by atoms with E-state index in [1.165, 1.54) is 0 Å². The Kier molecular flexibility index (Phi) is 5.03. The Morgan fingerprint density at radius 3 is 2.43 bits per heavy atom. The van der Waals surface area contributed by atoms with Crippen molar-refractivity contribution in [1.29, 1.82) is 0 Å². The van der Waals surface area contributed by atoms with Crippen LogP contribution in [-0.2, 0) is 4.79 Å². The van der Waals surface area contributed by atoms with Crippen molar-refractivity contribution in [1.82, 2.24) is 10.2 Å². The number of β-amino-alcohol motifs (C(OH)–C–C–N with tert-alkyl or cyclic N) is 1. The van der Waals surface area contributed by atoms with Crippen molar-refractivity contribution in [2.75, 3.05) is 26.7 Å². The van der Waals surface area contributed by atoms with E-state index in [4.69, 9.17) is 9.47 Å². The highest BCUT2D eigenvalue weighted by molar-refractivity contribution is 5.82. The number of aliphatic hydroxyl groups is 1. The van der Waals surface area contributed by atoms with Crippen LogP contribution in [0, 0.1) is 0 Å². The number of carbonyl (C=O) groups is 1. The topological polar surface area (TPSA) is 71.0 Å². The molecule has 0 saturated carbocycles. The molecule has 3 rings (SSSR count). The van der Waals surface area contributed by atoms with E-state index in [2.05, 4.69) is 5.32 Å². The fourth-order valence-corrected chi connectivity index (χ4v) is 3.17. The van der Waals surface area contributed by atoms with Crippen LogP contribution in [0.1, 0.15) is 19.3 Å². The van der Waals surface area contributed by atoms with Crippen LogP contribution in [0.25, 0.3) is 0 Å². The van der Waals surface area contributed by atoms with E-state index in [0.717, 1.165) is 24.3 Å². The highest BCUT2D eigenvalue weighted by Crippen LogP contribution is 2.22. The molecule has 0 aliphatic carbocycles. The summed E-state index contributed by atoms with van der Waals surface area (Å²) in [6.45, 7) is 1.91. The van der Waals surface area contributed by atoms with Crippen molar-refractivity contribution in [3.05, 3.63) is 24.3 Å². The molecule has 1 aromatic carbocycles. The van der Waals surface area contributed by atoms with Crippen molar-refractivity contribution in [3.63, 3.8) is 0 Å². The number of ether oxygens (including phenoxy) is 2. The zero-order valence-corrected chi connectivity index (χ0v) is 13.4. The normalized spacial score (nSPS) is 25.4. The summed E-state index contributed by atoms with van der Waals surface area (Å²) in [5.41, 5.74) is 0. The minimum Gasteiger partial charge on any atom is -0.497 e. The van der Waals surface area contributed by atoms with Gasteiger partial charge in [0.25, 0.3) is 0 Å². The SMILES string of the molecule is COc1ccc(OC2CCN(C(=O)C3CC(O)CN3)CC2)cc1. The van der Waals surface area contributed by atoms with Crippen LogP contribution in [-0.4, -0.2) is 60.9 Å². The predicted molar refractivity (Wildman–Crippen MR) is 85.6 cm³/mol. The molecule has 0 aromatic heterocycles. The lowest BCUT2D eigenvalue weighted by Gasteiger charge is -2.33. The van der Waals surface area contributed by atoms with Crippen molar-refractivity contribution < 1.29 is 19.4 Å². The van der Waals surface area contributed by atoms with Crippen LogP contribution in [0.4, 0.5) is 0 Å². The van der Waals surface area contributed by atoms with E-state index >= 15 is 0 Å². The van der Waals surface area contributed by atoms with Gasteiger partial charge < -0.3 is 24.8 Å². The number of benzene rings is 1. The average molecular weight is 320 g/mol. The van der Waals surface area contributed by atoms with Crippen LogP contribution in [0.3, 0.4) is 0 Å². The molecule has 23 heavy (non-hydrogen) atoms. The average Bonchev–Trinajstić information content (AvgIpc) is 3.02. The molecule has 2 N–H and O–H groups in total. The number of hydrogen-bond acceptors (Lipinski definition) is 5. The van der Waals surface area contributed by atoms with Gasteiger partial charge in [-0.2, -0.15) is 0 Å². The van der Waals surface area contributed by atoms with Crippen LogP contribution < -0.4 is 14.8 Å². The predicted octanol–water partition coefficient (Wildman–Crippen LogP) is 0.788. The second kappa shape index (κ2) is 7.19. The van der Waals surface area contributed by atoms with Crippen molar-refractivity contribution in [2.45, 2.75) is 37.5 Å². The molecule has 2 heterocycles. The smallest absolute Gasteiger partial charge is 0.239 e. The van der Waals surface area contributed by atoms with E-state index in [1.54, 1.807) is 7.11 Å². The number of nitrogens with zero attached hydrogens (tertiary/aromatic N) is 1. The summed E-state index contributed by atoms with van der Waals surface area (Å²) in [5.74, 6) is 1.74. The van der Waals surface area contributed by atoms with E-state index in [-0.39, 0.29) is 18.1 Å². The van der Waals surface area contributed by atoms with Crippen LogP contribution in [0.2, 0.25) is 0 Å². The molecule has 6 heteroatoms. The fraction of sp³-hybridized carbons (Fsp3) is 0.588. The van der Waals surface area contributed by atoms with Crippen LogP contribution in [0.5, 0.6) is 11.5 Å². The third-order valence-corrected chi connectivity index (χ3v) is 4.52. The van der Waals surface area contributed by atoms with Gasteiger partial charge >= 0.3 is 0 Å². The minimum absolute atomic E-state index is 0.101. The Morgan fingerprint density at radius 1 is 1.22 bits per heavy atom. The Bertz CT molecular complexity index is 526. The van der Waals surface area contributed by atoms with Gasteiger partial charge in [-0.25, -0.2) is 0 Å². The number of piperidine rings is 1. The fourth-order valence-electron chi connectivity index (χ4n) is 3.17. The molecule has 2 unspecified atom stereocenters. The monoisotopic (exact) mass is 320 g/mol. The van der Waals surface area contributed by atoms with Crippen molar-refractivity contribution >= 4 is 5.91 Å². The number of hydrogen-bond donors (Lipinski definition) is 2. The molecule has 0 spiro atoms. The summed E-state index contributed by atoms with van der Waals surface area (Å²) in [6, 6.07) is 7.33. The number of methoxy groups -OCH3 is 1. The number of carbonyl (C=O) groups excluding carboxylic acids is 1. The summed E-state index contributed by atoms with van der Waals surface area (Å²) in [4.78, 5) is 14.3. The molecular weight excluding hydrogens is 296 g/mol. The third kappa shape index (κ3) is 3.95. The molecule has 2 saturated heterocycles. The van der Waals surface area contributed by atoms with Gasteiger partial charge in [-0.05, 0) is 30.7 Å². The maximum atomic E-state index is 12.4. The summed E-state index contributed by atoms with van der Waals surface area (Å²) in [7, 11) is 1.64. The number of likely N-dealkylation sites (tertiary alicyclic amines) is 1. The van der Waals surface area contributed by atoms with E-state index < -0.39 is 6.10 Å². The van der Waals surface area contributed by atoms with Gasteiger partial charge in [-0.3, -0.25) is 4.79 Å². The highest BCUT2D eigenvalue weighted by atomic mass is 16.5. The van der Waals surface area contributed by atoms with Gasteiger partial charge in [-0.1, -0.05) is 0 Å². The van der Waals surface area contributed by atoms with Gasteiger partial charge in [0, 0.05) is 32.5 Å². The summed E-state index contributed by atoms with van der Waals surface area (Å²) < 4.78 is 11.1. The Hall–Kier alpha value is -1.79. The quantitative estimate of drug-likeness (QED) is 0.858. The lowest BCUT2D eigenvalue weighted by atomic mass is 10.1. The first-order valence-corrected chi connectivity index (χ1v) is 8.16. The number of rotatable bonds is 4. The lowest BCUT2D eigenvalue weighted by molar-refractivity contribution is -0.135. The maximum absolute atomic E-state index is 12.4. The highest BCUT2D eigenvalue weighted by Gasteiger charge is 2.33. The Balaban J connectivity index is 1.47. The third-order valence-electron chi connectivity index (χ3n) is 4.52. The Labute approximate surface area is 136 Å². The molecular formula is C17H24N2O4. The number of amides is 1. The summed E-state index contributed by atoms with van der Waals surface area (Å²) in [5, 5.41) is 12.6. The molecule has 2 aliphatic heterocycles. The first-order valence-electron chi connectivity index (χ1n) is 8.16. The second-order valence-corrected chi connectivity index (χ2v) is 6.17. The minimum atomic E-state index is -0.403. The molecule has 126 valence electrons. The summed E-state index contributed by atoms with van der Waals surface area (Å²) in [6.07, 6.45) is 1.90. The molecule has 0 bridgehead atoms. The molecule has 2 fully saturated rings. The maximum Gasteiger partial charge on any atom is 0.239 e. The molecule has 6 nitrogen and oxygen atoms in total. The van der Waals surface area contributed by atoms with Gasteiger partial charge in [0.15, 0.2) is 0 Å². The largest absolute Gasteiger partial charge is 0.497 e. The van der Waals surface area contributed by atoms with Crippen LogP contribution >= 0.6 is 0 Å². The second-order valence-electron chi connectivity index (χ2n) is 6.17. The Morgan fingerprint density at radius 2 is 1.87 bits per heavy atom. The molecule has 2 aliphatic rings. The van der Waals surface area contributed by atoms with Crippen molar-refractivity contribution in [3.8, 4) is 11.5 Å². The zero-order valence-electron chi connectivity index (χ0n) is 13.4. The number of nitrogens with one attached hydrogen (secondary N) is 1. The molecule has 1 aromatic rings. The van der Waals surface area contributed by atoms with Crippen molar-refractivity contribution in [2.24, 2.45) is 0 Å². The van der Waals surface area contributed by atoms with E-state index in [0.29, 0.717) is 26.1 Å². The van der Waals surface area contributed by atoms with E-state index in [9.17, 15) is 9.90 Å². The van der Waals surface area contributed by atoms with Gasteiger partial charge in [0.2, 0.25) is 5.91 Å². The standard InChI is InChI=1S/C17H24N2O4/c1-22-13-2-4-14(5-3-13)23-15-6-8-19(9-7-15)17(21)16-10-12(20)11-18-16/h2-5,12,15-16,18,20H,6-11H2,1H3. The molecule has 0 radical (unpaired) electrons. The molecule has 1 amide bonds. The summed E-state index contributed by atoms with van der Waals surface area (Å²) >= 11 is 0. The van der Waals surface area contributed by atoms with Gasteiger partial charge in [-0.15, -0.1) is 0 Å². The number of aliphatic hydroxyl groups excluding tert-OH is 1. The first-order chi connectivity index (χ1) is 11.2. The van der Waals surface area contributed by atoms with Gasteiger partial charge in [0.1, 0.15) is 17.6 Å². The molecule has 2 atom stereocenters. The lowest BCUT2D eigenvalue weighted by Crippen LogP contribution is -2.48. The van der Waals surface area contributed by atoms with E-state index in [1.807, 2.05) is 29.2 Å².